The van der Waals surface area contributed by atoms with Gasteiger partial charge < -0.3 is 19.5 Å². The van der Waals surface area contributed by atoms with Gasteiger partial charge in [0.05, 0.1) is 5.92 Å². The van der Waals surface area contributed by atoms with E-state index in [1.807, 2.05) is 25.1 Å². The lowest BCUT2D eigenvalue weighted by molar-refractivity contribution is -0.141. The Morgan fingerprint density at radius 3 is 2.89 bits per heavy atom. The summed E-state index contributed by atoms with van der Waals surface area (Å²) < 4.78 is 10.6. The lowest BCUT2D eigenvalue weighted by Gasteiger charge is -2.25. The first-order chi connectivity index (χ1) is 8.66. The minimum absolute atomic E-state index is 0.00266. The molecule has 0 radical (unpaired) electrons. The Hall–Kier alpha value is -1.91. The summed E-state index contributed by atoms with van der Waals surface area (Å²) in [4.78, 5) is 13.2. The van der Waals surface area contributed by atoms with Crippen LogP contribution in [0.4, 0.5) is 5.69 Å². The number of anilines is 1. The summed E-state index contributed by atoms with van der Waals surface area (Å²) in [5.74, 6) is 0.472. The minimum Gasteiger partial charge on any atom is -0.481 e. The summed E-state index contributed by atoms with van der Waals surface area (Å²) in [6.07, 6.45) is 0.685. The fourth-order valence-electron chi connectivity index (χ4n) is 2.70. The molecular formula is C13H15NO4. The van der Waals surface area contributed by atoms with E-state index in [-0.39, 0.29) is 18.8 Å². The standard InChI is InChI=1S/C13H15NO4/c1-8-10(13(15)16)4-5-14(8)9-2-3-11-12(6-9)18-7-17-11/h2-3,6,8,10H,4-5,7H2,1H3,(H,15,16)/t8-,10+/m1/s1. The van der Waals surface area contributed by atoms with Crippen molar-refractivity contribution in [1.29, 1.82) is 0 Å². The second-order valence-electron chi connectivity index (χ2n) is 4.70. The monoisotopic (exact) mass is 249 g/mol. The molecule has 0 aliphatic carbocycles. The number of benzene rings is 1. The lowest BCUT2D eigenvalue weighted by Crippen LogP contribution is -2.32. The number of fused-ring (bicyclic) bond motifs is 1. The molecule has 0 unspecified atom stereocenters. The fraction of sp³-hybridized carbons (Fsp3) is 0.462. The van der Waals surface area contributed by atoms with Gasteiger partial charge in [-0.1, -0.05) is 0 Å². The summed E-state index contributed by atoms with van der Waals surface area (Å²) in [7, 11) is 0. The Labute approximate surface area is 105 Å². The van der Waals surface area contributed by atoms with E-state index in [0.29, 0.717) is 6.42 Å². The molecule has 96 valence electrons. The molecular weight excluding hydrogens is 234 g/mol. The molecule has 0 saturated carbocycles. The predicted octanol–water partition coefficient (Wildman–Crippen LogP) is 1.71. The van der Waals surface area contributed by atoms with Crippen molar-refractivity contribution < 1.29 is 19.4 Å². The topological polar surface area (TPSA) is 59.0 Å². The number of carboxylic acid groups (broad SMARTS) is 1. The van der Waals surface area contributed by atoms with Crippen molar-refractivity contribution in [3.8, 4) is 11.5 Å². The van der Waals surface area contributed by atoms with Crippen LogP contribution >= 0.6 is 0 Å². The predicted molar refractivity (Wildman–Crippen MR) is 65.1 cm³/mol. The molecule has 3 rings (SSSR count). The second kappa shape index (κ2) is 4.08. The molecule has 2 heterocycles. The van der Waals surface area contributed by atoms with Crippen molar-refractivity contribution in [3.05, 3.63) is 18.2 Å². The molecule has 5 nitrogen and oxygen atoms in total. The van der Waals surface area contributed by atoms with Gasteiger partial charge in [-0.3, -0.25) is 4.79 Å². The van der Waals surface area contributed by atoms with Crippen molar-refractivity contribution in [3.63, 3.8) is 0 Å². The molecule has 2 aliphatic heterocycles. The van der Waals surface area contributed by atoms with Gasteiger partial charge in [0, 0.05) is 24.3 Å². The van der Waals surface area contributed by atoms with Crippen molar-refractivity contribution >= 4 is 11.7 Å². The highest BCUT2D eigenvalue weighted by molar-refractivity contribution is 5.73. The maximum atomic E-state index is 11.1. The summed E-state index contributed by atoms with van der Waals surface area (Å²) in [6, 6.07) is 5.75. The van der Waals surface area contributed by atoms with Crippen LogP contribution in [-0.2, 0) is 4.79 Å². The third-order valence-corrected chi connectivity index (χ3v) is 3.76. The quantitative estimate of drug-likeness (QED) is 0.864. The van der Waals surface area contributed by atoms with Crippen LogP contribution in [0.2, 0.25) is 0 Å². The molecule has 2 aliphatic rings. The number of hydrogen-bond donors (Lipinski definition) is 1. The average Bonchev–Trinajstić information content (AvgIpc) is 2.93. The van der Waals surface area contributed by atoms with Gasteiger partial charge in [0.25, 0.3) is 0 Å². The zero-order valence-corrected chi connectivity index (χ0v) is 10.1. The van der Waals surface area contributed by atoms with E-state index in [1.165, 1.54) is 0 Å². The number of nitrogens with zero attached hydrogens (tertiary/aromatic N) is 1. The number of carboxylic acids is 1. The second-order valence-corrected chi connectivity index (χ2v) is 4.70. The highest BCUT2D eigenvalue weighted by atomic mass is 16.7. The van der Waals surface area contributed by atoms with Crippen molar-refractivity contribution in [2.75, 3.05) is 18.2 Å². The summed E-state index contributed by atoms with van der Waals surface area (Å²) in [6.45, 7) is 2.97. The summed E-state index contributed by atoms with van der Waals surface area (Å²) in [5, 5.41) is 9.13. The highest BCUT2D eigenvalue weighted by Gasteiger charge is 2.36. The van der Waals surface area contributed by atoms with Crippen LogP contribution in [0.3, 0.4) is 0 Å². The van der Waals surface area contributed by atoms with Crippen molar-refractivity contribution in [1.82, 2.24) is 0 Å². The van der Waals surface area contributed by atoms with E-state index >= 15 is 0 Å². The molecule has 0 bridgehead atoms. The molecule has 1 fully saturated rings. The molecule has 0 spiro atoms. The first-order valence-corrected chi connectivity index (χ1v) is 6.06. The maximum Gasteiger partial charge on any atom is 0.308 e. The molecule has 5 heteroatoms. The Kier molecular flexibility index (Phi) is 2.54. The maximum absolute atomic E-state index is 11.1. The van der Waals surface area contributed by atoms with E-state index < -0.39 is 5.97 Å². The Morgan fingerprint density at radius 2 is 2.17 bits per heavy atom. The zero-order valence-electron chi connectivity index (χ0n) is 10.1. The van der Waals surface area contributed by atoms with Crippen LogP contribution in [0.15, 0.2) is 18.2 Å². The average molecular weight is 249 g/mol. The van der Waals surface area contributed by atoms with E-state index in [0.717, 1.165) is 23.7 Å². The minimum atomic E-state index is -0.717. The van der Waals surface area contributed by atoms with Gasteiger partial charge in [-0.2, -0.15) is 0 Å². The van der Waals surface area contributed by atoms with Crippen LogP contribution in [0, 0.1) is 5.92 Å². The van der Waals surface area contributed by atoms with Gasteiger partial charge in [-0.15, -0.1) is 0 Å². The molecule has 1 N–H and O–H groups in total. The van der Waals surface area contributed by atoms with Gasteiger partial charge >= 0.3 is 5.97 Å². The molecule has 0 amide bonds. The number of hydrogen-bond acceptors (Lipinski definition) is 4. The van der Waals surface area contributed by atoms with Gasteiger partial charge in [0.1, 0.15) is 0 Å². The number of ether oxygens (including phenoxy) is 2. The van der Waals surface area contributed by atoms with E-state index in [9.17, 15) is 4.79 Å². The van der Waals surface area contributed by atoms with Crippen LogP contribution < -0.4 is 14.4 Å². The molecule has 2 atom stereocenters. The lowest BCUT2D eigenvalue weighted by atomic mass is 10.0. The normalized spacial score (nSPS) is 25.5. The molecule has 18 heavy (non-hydrogen) atoms. The Bertz CT molecular complexity index is 488. The Morgan fingerprint density at radius 1 is 1.39 bits per heavy atom. The smallest absolute Gasteiger partial charge is 0.308 e. The molecule has 1 aromatic carbocycles. The summed E-state index contributed by atoms with van der Waals surface area (Å²) in [5.41, 5.74) is 0.996. The van der Waals surface area contributed by atoms with Crippen LogP contribution in [0.1, 0.15) is 13.3 Å². The largest absolute Gasteiger partial charge is 0.481 e. The highest BCUT2D eigenvalue weighted by Crippen LogP contribution is 2.38. The van der Waals surface area contributed by atoms with Gasteiger partial charge in [-0.05, 0) is 25.5 Å². The van der Waals surface area contributed by atoms with Crippen LogP contribution in [0.5, 0.6) is 11.5 Å². The molecule has 1 aromatic rings. The number of carbonyl (C=O) groups is 1. The van der Waals surface area contributed by atoms with E-state index in [1.54, 1.807) is 0 Å². The molecule has 0 aromatic heterocycles. The van der Waals surface area contributed by atoms with Crippen molar-refractivity contribution in [2.45, 2.75) is 19.4 Å². The van der Waals surface area contributed by atoms with Crippen molar-refractivity contribution in [2.24, 2.45) is 5.92 Å². The van der Waals surface area contributed by atoms with Gasteiger partial charge in [0.2, 0.25) is 6.79 Å². The molecule has 1 saturated heterocycles. The first kappa shape index (κ1) is 11.2. The number of rotatable bonds is 2. The SMILES string of the molecule is C[C@@H]1[C@@H](C(=O)O)CCN1c1ccc2c(c1)OCO2. The van der Waals surface area contributed by atoms with E-state index in [4.69, 9.17) is 14.6 Å². The zero-order chi connectivity index (χ0) is 12.7. The first-order valence-electron chi connectivity index (χ1n) is 6.06. The third kappa shape index (κ3) is 1.66. The number of aliphatic carboxylic acids is 1. The van der Waals surface area contributed by atoms with Crippen LogP contribution in [0.25, 0.3) is 0 Å². The summed E-state index contributed by atoms with van der Waals surface area (Å²) >= 11 is 0. The third-order valence-electron chi connectivity index (χ3n) is 3.76. The van der Waals surface area contributed by atoms with Crippen LogP contribution in [-0.4, -0.2) is 30.5 Å². The van der Waals surface area contributed by atoms with Gasteiger partial charge in [-0.25, -0.2) is 0 Å². The fourth-order valence-corrected chi connectivity index (χ4v) is 2.70. The Balaban J connectivity index is 1.85. The van der Waals surface area contributed by atoms with E-state index in [2.05, 4.69) is 4.90 Å². The van der Waals surface area contributed by atoms with Gasteiger partial charge in [0.15, 0.2) is 11.5 Å².